The van der Waals surface area contributed by atoms with Gasteiger partial charge in [-0.2, -0.15) is 0 Å². The van der Waals surface area contributed by atoms with Crippen LogP contribution in [0.5, 0.6) is 5.75 Å². The molecule has 1 fully saturated rings. The zero-order valence-corrected chi connectivity index (χ0v) is 25.5. The molecule has 0 aliphatic carbocycles. The van der Waals surface area contributed by atoms with Crippen LogP contribution in [0.25, 0.3) is 16.7 Å². The predicted octanol–water partition coefficient (Wildman–Crippen LogP) is 3.10. The van der Waals surface area contributed by atoms with Gasteiger partial charge in [-0.25, -0.2) is 23.9 Å². The number of carboxylic acid groups (broad SMARTS) is 2. The van der Waals surface area contributed by atoms with E-state index >= 15 is 0 Å². The topological polar surface area (TPSA) is 147 Å². The maximum Gasteiger partial charge on any atom is 0.337 e. The van der Waals surface area contributed by atoms with Crippen molar-refractivity contribution in [2.24, 2.45) is 0 Å². The van der Waals surface area contributed by atoms with E-state index in [0.717, 1.165) is 48.9 Å². The van der Waals surface area contributed by atoms with E-state index in [1.165, 1.54) is 4.57 Å². The molecule has 236 valence electrons. The summed E-state index contributed by atoms with van der Waals surface area (Å²) in [4.78, 5) is 55.6. The second-order valence-corrected chi connectivity index (χ2v) is 10.4. The van der Waals surface area contributed by atoms with Gasteiger partial charge >= 0.3 is 17.6 Å². The van der Waals surface area contributed by atoms with Crippen LogP contribution >= 0.6 is 0 Å². The molecule has 2 aromatic heterocycles. The molecule has 0 spiro atoms. The predicted molar refractivity (Wildman–Crippen MR) is 172 cm³/mol. The molecule has 4 aromatic rings. The van der Waals surface area contributed by atoms with E-state index in [9.17, 15) is 19.2 Å². The maximum atomic E-state index is 13.7. The van der Waals surface area contributed by atoms with Gasteiger partial charge in [-0.15, -0.1) is 0 Å². The highest BCUT2D eigenvalue weighted by atomic mass is 16.5. The number of fused-ring (bicyclic) bond motifs is 1. The van der Waals surface area contributed by atoms with Crippen LogP contribution in [0.2, 0.25) is 0 Å². The molecule has 3 heterocycles. The molecule has 12 heteroatoms. The lowest BCUT2D eigenvalue weighted by molar-refractivity contribution is -0.134. The Kier molecular flexibility index (Phi) is 10.9. The quantitative estimate of drug-likeness (QED) is 0.269. The Bertz CT molecular complexity index is 1790. The zero-order chi connectivity index (χ0) is 32.5. The fraction of sp³-hybridized carbons (Fsp3) is 0.303. The molecule has 0 radical (unpaired) electrons. The van der Waals surface area contributed by atoms with Crippen LogP contribution in [0.1, 0.15) is 18.2 Å². The fourth-order valence-electron chi connectivity index (χ4n) is 5.29. The number of anilines is 1. The number of aliphatic carboxylic acids is 2. The monoisotopic (exact) mass is 615 g/mol. The Morgan fingerprint density at radius 1 is 0.889 bits per heavy atom. The number of pyridine rings is 1. The van der Waals surface area contributed by atoms with Gasteiger partial charge in [0, 0.05) is 57.1 Å². The third kappa shape index (κ3) is 8.03. The van der Waals surface area contributed by atoms with Crippen molar-refractivity contribution in [3.63, 3.8) is 0 Å². The first-order valence-corrected chi connectivity index (χ1v) is 14.6. The number of para-hydroxylation sites is 3. The molecule has 1 saturated heterocycles. The van der Waals surface area contributed by atoms with Crippen molar-refractivity contribution >= 4 is 28.7 Å². The molecular formula is C33H37N5O7. The van der Waals surface area contributed by atoms with Crippen LogP contribution in [-0.2, 0) is 16.1 Å². The Hall–Kier alpha value is -5.23. The minimum absolute atomic E-state index is 0.325. The summed E-state index contributed by atoms with van der Waals surface area (Å²) < 4.78 is 8.76. The molecule has 45 heavy (non-hydrogen) atoms. The van der Waals surface area contributed by atoms with Crippen LogP contribution in [0.3, 0.4) is 0 Å². The number of benzene rings is 2. The number of nitrogens with zero attached hydrogens (tertiary/aromatic N) is 5. The van der Waals surface area contributed by atoms with E-state index < -0.39 is 11.9 Å². The van der Waals surface area contributed by atoms with Crippen molar-refractivity contribution in [2.75, 3.05) is 44.2 Å². The summed E-state index contributed by atoms with van der Waals surface area (Å²) in [5.74, 6) is -1.60. The standard InChI is InChI=1S/C29H33N5O3.C4H4O4/c1-4-37-25-13-9-8-12-24(25)32-17-14-31(15-18-32)16-19-33-27-26(21(2)20-22(3)30-27)28(35)34(29(33)36)23-10-6-5-7-11-23;5-3(6)1-2-4(7)8/h5-13,20H,4,14-19H2,1-3H3;1-2H,(H,5,6)(H,7,8)/b;2-1+. The SMILES string of the molecule is CCOc1ccccc1N1CCN(CCn2c(=O)n(-c3ccccc3)c(=O)c3c(C)cc(C)nc32)CC1.O=C(O)/C=C/C(=O)O. The highest BCUT2D eigenvalue weighted by molar-refractivity contribution is 5.89. The number of hydrogen-bond acceptors (Lipinski definition) is 8. The van der Waals surface area contributed by atoms with Crippen molar-refractivity contribution in [3.8, 4) is 11.4 Å². The molecular weight excluding hydrogens is 578 g/mol. The normalized spacial score (nSPS) is 13.4. The Morgan fingerprint density at radius 2 is 1.51 bits per heavy atom. The zero-order valence-electron chi connectivity index (χ0n) is 25.5. The Morgan fingerprint density at radius 3 is 2.13 bits per heavy atom. The van der Waals surface area contributed by atoms with Gasteiger partial charge in [0.1, 0.15) is 11.4 Å². The maximum absolute atomic E-state index is 13.7. The molecule has 1 aliphatic heterocycles. The number of aryl methyl sites for hydroxylation is 2. The summed E-state index contributed by atoms with van der Waals surface area (Å²) >= 11 is 0. The fourth-order valence-corrected chi connectivity index (χ4v) is 5.29. The van der Waals surface area contributed by atoms with E-state index in [1.807, 2.05) is 63.2 Å². The average Bonchev–Trinajstić information content (AvgIpc) is 3.01. The van der Waals surface area contributed by atoms with Crippen molar-refractivity contribution in [1.82, 2.24) is 19.0 Å². The lowest BCUT2D eigenvalue weighted by atomic mass is 10.1. The van der Waals surface area contributed by atoms with Gasteiger partial charge in [0.25, 0.3) is 5.56 Å². The van der Waals surface area contributed by atoms with Gasteiger partial charge < -0.3 is 19.8 Å². The lowest BCUT2D eigenvalue weighted by Gasteiger charge is -2.36. The first kappa shape index (κ1) is 32.7. The Balaban J connectivity index is 0.000000510. The van der Waals surface area contributed by atoms with Crippen LogP contribution in [0.4, 0.5) is 5.69 Å². The minimum Gasteiger partial charge on any atom is -0.492 e. The Labute approximate surface area is 260 Å². The van der Waals surface area contributed by atoms with E-state index in [4.69, 9.17) is 14.9 Å². The van der Waals surface area contributed by atoms with Gasteiger partial charge in [0.15, 0.2) is 0 Å². The van der Waals surface area contributed by atoms with Crippen molar-refractivity contribution in [1.29, 1.82) is 0 Å². The van der Waals surface area contributed by atoms with Crippen LogP contribution < -0.4 is 20.9 Å². The van der Waals surface area contributed by atoms with Gasteiger partial charge in [-0.05, 0) is 56.7 Å². The molecule has 0 saturated carbocycles. The molecule has 12 nitrogen and oxygen atoms in total. The molecule has 2 N–H and O–H groups in total. The largest absolute Gasteiger partial charge is 0.492 e. The van der Waals surface area contributed by atoms with E-state index in [1.54, 1.807) is 16.7 Å². The molecule has 2 aromatic carbocycles. The van der Waals surface area contributed by atoms with Crippen molar-refractivity contribution in [2.45, 2.75) is 27.3 Å². The summed E-state index contributed by atoms with van der Waals surface area (Å²) in [5, 5.41) is 16.1. The average molecular weight is 616 g/mol. The molecule has 0 unspecified atom stereocenters. The van der Waals surface area contributed by atoms with Gasteiger partial charge in [0.2, 0.25) is 0 Å². The van der Waals surface area contributed by atoms with E-state index in [-0.39, 0.29) is 11.2 Å². The summed E-state index contributed by atoms with van der Waals surface area (Å²) in [5.41, 5.74) is 3.08. The second-order valence-electron chi connectivity index (χ2n) is 10.4. The first-order chi connectivity index (χ1) is 21.6. The second kappa shape index (κ2) is 15.0. The molecule has 0 bridgehead atoms. The number of ether oxygens (including phenoxy) is 1. The number of carboxylic acids is 2. The summed E-state index contributed by atoms with van der Waals surface area (Å²) in [6.45, 7) is 11.1. The van der Waals surface area contributed by atoms with Crippen LogP contribution in [0.15, 0.2) is 82.4 Å². The highest BCUT2D eigenvalue weighted by Gasteiger charge is 2.22. The lowest BCUT2D eigenvalue weighted by Crippen LogP contribution is -2.48. The number of rotatable bonds is 9. The first-order valence-electron chi connectivity index (χ1n) is 14.6. The van der Waals surface area contributed by atoms with E-state index in [2.05, 4.69) is 20.9 Å². The highest BCUT2D eigenvalue weighted by Crippen LogP contribution is 2.28. The van der Waals surface area contributed by atoms with Crippen molar-refractivity contribution in [3.05, 3.63) is 105 Å². The van der Waals surface area contributed by atoms with Crippen LogP contribution in [0, 0.1) is 13.8 Å². The summed E-state index contributed by atoms with van der Waals surface area (Å²) in [7, 11) is 0. The third-order valence-electron chi connectivity index (χ3n) is 7.32. The minimum atomic E-state index is -1.26. The van der Waals surface area contributed by atoms with Crippen molar-refractivity contribution < 1.29 is 24.5 Å². The summed E-state index contributed by atoms with van der Waals surface area (Å²) in [6.07, 6.45) is 1.12. The van der Waals surface area contributed by atoms with Gasteiger partial charge in [-0.3, -0.25) is 14.3 Å². The number of aromatic nitrogens is 3. The summed E-state index contributed by atoms with van der Waals surface area (Å²) in [6, 6.07) is 19.2. The molecule has 5 rings (SSSR count). The number of piperazine rings is 1. The number of hydrogen-bond donors (Lipinski definition) is 2. The molecule has 1 aliphatic rings. The molecule has 0 atom stereocenters. The van der Waals surface area contributed by atoms with Gasteiger partial charge in [-0.1, -0.05) is 30.3 Å². The van der Waals surface area contributed by atoms with E-state index in [0.29, 0.717) is 48.6 Å². The van der Waals surface area contributed by atoms with Crippen LogP contribution in [-0.4, -0.2) is 80.5 Å². The number of carbonyl (C=O) groups is 2. The van der Waals surface area contributed by atoms with Gasteiger partial charge in [0.05, 0.1) is 23.4 Å². The smallest absolute Gasteiger partial charge is 0.337 e. The third-order valence-corrected chi connectivity index (χ3v) is 7.32. The molecule has 0 amide bonds.